The third-order valence-electron chi connectivity index (χ3n) is 11.1. The lowest BCUT2D eigenvalue weighted by Gasteiger charge is -2.59. The Kier molecular flexibility index (Phi) is 14.2. The van der Waals surface area contributed by atoms with Gasteiger partial charge in [-0.2, -0.15) is 0 Å². The minimum Gasteiger partial charge on any atom is -0.490 e. The third kappa shape index (κ3) is 8.50. The molecule has 2 fully saturated rings. The van der Waals surface area contributed by atoms with Crippen molar-refractivity contribution in [1.29, 1.82) is 0 Å². The molecule has 0 spiro atoms. The van der Waals surface area contributed by atoms with Crippen LogP contribution >= 0.6 is 0 Å². The minimum absolute atomic E-state index is 0.115. The van der Waals surface area contributed by atoms with Gasteiger partial charge in [0, 0.05) is 64.2 Å². The number of allylic oxidation sites excluding steroid dienone is 1. The number of nitrogens with one attached hydrogen (secondary N) is 1. The Balaban J connectivity index is 1.59. The lowest BCUT2D eigenvalue weighted by molar-refractivity contribution is -0.252. The molecule has 0 bridgehead atoms. The van der Waals surface area contributed by atoms with Crippen LogP contribution in [0.2, 0.25) is 0 Å². The lowest BCUT2D eigenvalue weighted by Crippen LogP contribution is -2.70. The molecule has 1 aromatic rings. The first-order valence-electron chi connectivity index (χ1n) is 19.0. The van der Waals surface area contributed by atoms with Crippen LogP contribution in [-0.2, 0) is 14.4 Å². The van der Waals surface area contributed by atoms with Crippen LogP contribution in [0.3, 0.4) is 0 Å². The van der Waals surface area contributed by atoms with Gasteiger partial charge < -0.3 is 44.4 Å². The molecule has 6 atom stereocenters. The second-order valence-electron chi connectivity index (χ2n) is 14.2. The van der Waals surface area contributed by atoms with Crippen molar-refractivity contribution in [2.45, 2.75) is 82.0 Å². The molecular weight excluding hydrogens is 664 g/mol. The molecule has 4 aliphatic rings. The molecule has 12 heteroatoms. The van der Waals surface area contributed by atoms with Crippen molar-refractivity contribution in [3.05, 3.63) is 60.7 Å². The standard InChI is InChI=1S/C40H58N4O8/c1-5-23-50-29-16-17-34-32(26-29)37-30(14-8-10-22-46)28(13-7-9-21-45)25-31-33(42-49-4)27-35(40(52-34,38(31)37)51-24-6-2)43(3)39(48)41-18-12-20-44-19-11-15-36(44)47/h5-6,16-17,25-26,28,30,35,37-38,45-46H,1-2,7-15,18-24,27H2,3-4H3,(H,41,48)/t28-,30+,35-,37+,38+,40+/m0/s1. The maximum atomic E-state index is 14.0. The van der Waals surface area contributed by atoms with Crippen LogP contribution in [-0.4, -0.2) is 110 Å². The fourth-order valence-electron chi connectivity index (χ4n) is 8.75. The highest BCUT2D eigenvalue weighted by Crippen LogP contribution is 2.61. The Hall–Kier alpha value is -3.87. The van der Waals surface area contributed by atoms with Gasteiger partial charge in [0.15, 0.2) is 0 Å². The summed E-state index contributed by atoms with van der Waals surface area (Å²) in [5.74, 6) is -0.0172. The van der Waals surface area contributed by atoms with Gasteiger partial charge in [0.1, 0.15) is 31.3 Å². The number of benzene rings is 1. The average Bonchev–Trinajstić information content (AvgIpc) is 3.57. The summed E-state index contributed by atoms with van der Waals surface area (Å²) >= 11 is 0. The summed E-state index contributed by atoms with van der Waals surface area (Å²) in [7, 11) is 3.30. The number of unbranched alkanes of at least 4 members (excludes halogenated alkanes) is 2. The first-order chi connectivity index (χ1) is 25.3. The third-order valence-corrected chi connectivity index (χ3v) is 11.1. The van der Waals surface area contributed by atoms with Gasteiger partial charge in [0.2, 0.25) is 11.7 Å². The van der Waals surface area contributed by atoms with Gasteiger partial charge in [0.25, 0.3) is 0 Å². The highest BCUT2D eigenvalue weighted by Gasteiger charge is 2.65. The van der Waals surface area contributed by atoms with E-state index in [0.29, 0.717) is 63.3 Å². The molecule has 0 radical (unpaired) electrons. The van der Waals surface area contributed by atoms with Gasteiger partial charge in [-0.1, -0.05) is 42.8 Å². The van der Waals surface area contributed by atoms with Crippen LogP contribution < -0.4 is 14.8 Å². The molecule has 12 nitrogen and oxygen atoms in total. The van der Waals surface area contributed by atoms with Crippen LogP contribution in [0.4, 0.5) is 4.79 Å². The van der Waals surface area contributed by atoms with Crippen molar-refractivity contribution < 1.29 is 38.9 Å². The summed E-state index contributed by atoms with van der Waals surface area (Å²) in [6.45, 7) is 10.4. The predicted molar refractivity (Wildman–Crippen MR) is 199 cm³/mol. The zero-order chi connectivity index (χ0) is 37.1. The molecule has 2 heterocycles. The lowest BCUT2D eigenvalue weighted by atomic mass is 9.55. The highest BCUT2D eigenvalue weighted by molar-refractivity contribution is 6.03. The van der Waals surface area contributed by atoms with Crippen LogP contribution in [0.5, 0.6) is 11.5 Å². The molecule has 0 unspecified atom stereocenters. The molecular formula is C40H58N4O8. The molecule has 52 heavy (non-hydrogen) atoms. The van der Waals surface area contributed by atoms with E-state index in [1.807, 2.05) is 17.0 Å². The molecule has 2 aliphatic heterocycles. The molecule has 1 saturated heterocycles. The van der Waals surface area contributed by atoms with Gasteiger partial charge in [-0.15, -0.1) is 6.58 Å². The summed E-state index contributed by atoms with van der Waals surface area (Å²) in [6, 6.07) is 4.99. The number of likely N-dealkylation sites (tertiary alicyclic amines) is 1. The fraction of sp³-hybridized carbons (Fsp3) is 0.625. The van der Waals surface area contributed by atoms with E-state index in [0.717, 1.165) is 55.5 Å². The summed E-state index contributed by atoms with van der Waals surface area (Å²) in [5.41, 5.74) is 2.71. The second kappa shape index (κ2) is 18.8. The van der Waals surface area contributed by atoms with Gasteiger partial charge in [0.05, 0.1) is 18.2 Å². The SMILES string of the molecule is C=CCOc1ccc2c(c1)[C@H]1[C@H](CCCCO)[C@@H](CCCCO)C=C3C(=NOC)C[C@H](N(C)C(=O)NCCCN4CCCC4=O)[C@@](OCC=C)(O2)[C@H]31. The number of rotatable bonds is 20. The molecule has 3 amide bonds. The molecule has 0 aromatic heterocycles. The fourth-order valence-corrected chi connectivity index (χ4v) is 8.75. The number of urea groups is 1. The number of aliphatic hydroxyl groups excluding tert-OH is 2. The number of hydrogen-bond donors (Lipinski definition) is 3. The first-order valence-corrected chi connectivity index (χ1v) is 19.0. The zero-order valence-corrected chi connectivity index (χ0v) is 31.0. The minimum atomic E-state index is -1.31. The Morgan fingerprint density at radius 1 is 1.13 bits per heavy atom. The number of ether oxygens (including phenoxy) is 3. The average molecular weight is 723 g/mol. The molecule has 286 valence electrons. The summed E-state index contributed by atoms with van der Waals surface area (Å²) < 4.78 is 20.0. The van der Waals surface area contributed by atoms with Crippen LogP contribution in [0.1, 0.15) is 75.7 Å². The van der Waals surface area contributed by atoms with E-state index in [1.54, 1.807) is 24.1 Å². The van der Waals surface area contributed by atoms with Crippen molar-refractivity contribution in [2.24, 2.45) is 22.9 Å². The number of fused-ring (bicyclic) bond motifs is 2. The van der Waals surface area contributed by atoms with Gasteiger partial charge in [-0.25, -0.2) is 4.79 Å². The van der Waals surface area contributed by atoms with Gasteiger partial charge >= 0.3 is 6.03 Å². The highest BCUT2D eigenvalue weighted by atomic mass is 16.7. The number of carbonyl (C=O) groups excluding carboxylic acids is 2. The van der Waals surface area contributed by atoms with E-state index in [4.69, 9.17) is 19.0 Å². The Morgan fingerprint density at radius 2 is 1.90 bits per heavy atom. The molecule has 1 aromatic carbocycles. The molecule has 1 saturated carbocycles. The Morgan fingerprint density at radius 3 is 2.60 bits per heavy atom. The number of hydrogen-bond acceptors (Lipinski definition) is 9. The van der Waals surface area contributed by atoms with E-state index in [2.05, 4.69) is 35.8 Å². The number of likely N-dealkylation sites (N-methyl/N-ethyl adjacent to an activating group) is 1. The number of amides is 3. The number of nitrogens with zero attached hydrogens (tertiary/aromatic N) is 3. The van der Waals surface area contributed by atoms with Crippen molar-refractivity contribution in [3.63, 3.8) is 0 Å². The zero-order valence-electron chi connectivity index (χ0n) is 31.0. The van der Waals surface area contributed by atoms with Crippen molar-refractivity contribution in [3.8, 4) is 11.5 Å². The van der Waals surface area contributed by atoms with E-state index < -0.39 is 11.8 Å². The van der Waals surface area contributed by atoms with Crippen LogP contribution in [0.15, 0.2) is 60.3 Å². The molecule has 5 rings (SSSR count). The van der Waals surface area contributed by atoms with E-state index in [1.165, 1.54) is 7.11 Å². The van der Waals surface area contributed by atoms with Gasteiger partial charge in [-0.05, 0) is 74.1 Å². The number of oxime groups is 1. The monoisotopic (exact) mass is 722 g/mol. The summed E-state index contributed by atoms with van der Waals surface area (Å²) in [6.07, 6.45) is 13.0. The number of aliphatic hydroxyl groups is 2. The van der Waals surface area contributed by atoms with Crippen molar-refractivity contribution in [2.75, 3.05) is 60.2 Å². The topological polar surface area (TPSA) is 142 Å². The van der Waals surface area contributed by atoms with Gasteiger partial charge in [-0.3, -0.25) is 4.79 Å². The molecule has 3 N–H and O–H groups in total. The van der Waals surface area contributed by atoms with Crippen LogP contribution in [0.25, 0.3) is 0 Å². The first kappa shape index (κ1) is 39.3. The number of carbonyl (C=O) groups is 2. The Bertz CT molecular complexity index is 1460. The normalized spacial score (nSPS) is 26.9. The van der Waals surface area contributed by atoms with E-state index >= 15 is 0 Å². The summed E-state index contributed by atoms with van der Waals surface area (Å²) in [4.78, 5) is 35.1. The second-order valence-corrected chi connectivity index (χ2v) is 14.2. The quantitative estimate of drug-likeness (QED) is 0.0952. The van der Waals surface area contributed by atoms with E-state index in [-0.39, 0.29) is 55.4 Å². The Labute approximate surface area is 308 Å². The maximum absolute atomic E-state index is 14.0. The van der Waals surface area contributed by atoms with Crippen molar-refractivity contribution >= 4 is 17.6 Å². The summed E-state index contributed by atoms with van der Waals surface area (Å²) in [5, 5.41) is 27.1. The van der Waals surface area contributed by atoms with Crippen molar-refractivity contribution in [1.82, 2.24) is 15.1 Å². The maximum Gasteiger partial charge on any atom is 0.317 e. The van der Waals surface area contributed by atoms with Crippen LogP contribution in [0, 0.1) is 17.8 Å². The predicted octanol–water partition coefficient (Wildman–Crippen LogP) is 5.17. The largest absolute Gasteiger partial charge is 0.490 e. The smallest absolute Gasteiger partial charge is 0.317 e. The molecule has 2 aliphatic carbocycles. The van der Waals surface area contributed by atoms with E-state index in [9.17, 15) is 19.8 Å².